The monoisotopic (exact) mass is 358 g/mol. The van der Waals surface area contributed by atoms with Crippen molar-refractivity contribution in [3.8, 4) is 0 Å². The summed E-state index contributed by atoms with van der Waals surface area (Å²) in [5.41, 5.74) is 2.45. The Morgan fingerprint density at radius 2 is 2.08 bits per heavy atom. The molecule has 7 nitrogen and oxygen atoms in total. The van der Waals surface area contributed by atoms with Crippen molar-refractivity contribution in [2.75, 3.05) is 16.9 Å². The standard InChI is InChI=1S/C17H18N4O3S/c1-8-4-5-11(9(2)6-8)18-15(23)10-7-12(22)19-14-13(10)16(24)21-17(20-14)25-3/h4-6,10H,7H2,1-3H3,(H,18,23)(H2,19,20,21,22,24). The summed E-state index contributed by atoms with van der Waals surface area (Å²) >= 11 is 1.25. The van der Waals surface area contributed by atoms with Crippen LogP contribution in [0, 0.1) is 13.8 Å². The van der Waals surface area contributed by atoms with Gasteiger partial charge in [0.2, 0.25) is 11.8 Å². The molecule has 0 saturated heterocycles. The molecule has 1 aliphatic heterocycles. The minimum Gasteiger partial charge on any atom is -0.325 e. The van der Waals surface area contributed by atoms with Gasteiger partial charge in [0.15, 0.2) is 5.16 Å². The first kappa shape index (κ1) is 17.2. The number of hydrogen-bond acceptors (Lipinski definition) is 5. The first-order chi connectivity index (χ1) is 11.9. The molecule has 0 bridgehead atoms. The smallest absolute Gasteiger partial charge is 0.257 e. The van der Waals surface area contributed by atoms with Crippen LogP contribution in [0.5, 0.6) is 0 Å². The molecule has 1 aromatic carbocycles. The molecule has 1 unspecified atom stereocenters. The number of carbonyl (C=O) groups is 2. The molecule has 0 aliphatic carbocycles. The number of rotatable bonds is 3. The number of aromatic amines is 1. The molecule has 0 spiro atoms. The summed E-state index contributed by atoms with van der Waals surface area (Å²) in [7, 11) is 0. The highest BCUT2D eigenvalue weighted by atomic mass is 32.2. The number of anilines is 2. The van der Waals surface area contributed by atoms with Crippen LogP contribution in [-0.4, -0.2) is 28.0 Å². The number of thioether (sulfide) groups is 1. The molecule has 3 rings (SSSR count). The van der Waals surface area contributed by atoms with Gasteiger partial charge >= 0.3 is 0 Å². The van der Waals surface area contributed by atoms with E-state index in [9.17, 15) is 14.4 Å². The number of benzene rings is 1. The number of H-pyrrole nitrogens is 1. The second-order valence-corrected chi connectivity index (χ2v) is 6.74. The Hall–Kier alpha value is -2.61. The Kier molecular flexibility index (Phi) is 4.63. The van der Waals surface area contributed by atoms with E-state index in [1.807, 2.05) is 32.0 Å². The third-order valence-corrected chi connectivity index (χ3v) is 4.66. The van der Waals surface area contributed by atoms with Gasteiger partial charge in [-0.15, -0.1) is 0 Å². The van der Waals surface area contributed by atoms with Gasteiger partial charge < -0.3 is 15.6 Å². The fraction of sp³-hybridized carbons (Fsp3) is 0.294. The lowest BCUT2D eigenvalue weighted by Gasteiger charge is -2.23. The van der Waals surface area contributed by atoms with Crippen LogP contribution < -0.4 is 16.2 Å². The normalized spacial score (nSPS) is 16.1. The van der Waals surface area contributed by atoms with Crippen molar-refractivity contribution in [1.29, 1.82) is 0 Å². The van der Waals surface area contributed by atoms with E-state index < -0.39 is 17.4 Å². The topological polar surface area (TPSA) is 104 Å². The molecule has 0 radical (unpaired) electrons. The molecule has 1 aromatic heterocycles. The number of aromatic nitrogens is 2. The molecule has 1 atom stereocenters. The fourth-order valence-electron chi connectivity index (χ4n) is 2.84. The maximum atomic E-state index is 12.7. The minimum absolute atomic E-state index is 0.0902. The second-order valence-electron chi connectivity index (χ2n) is 5.95. The minimum atomic E-state index is -0.878. The maximum absolute atomic E-state index is 12.7. The van der Waals surface area contributed by atoms with E-state index in [4.69, 9.17) is 0 Å². The SMILES string of the molecule is CSc1nc2c(c(=O)[nH]1)C(C(=O)Nc1ccc(C)cc1C)CC(=O)N2. The molecular weight excluding hydrogens is 340 g/mol. The van der Waals surface area contributed by atoms with Crippen molar-refractivity contribution >= 4 is 35.1 Å². The Bertz CT molecular complexity index is 923. The molecular formula is C17H18N4O3S. The van der Waals surface area contributed by atoms with E-state index in [0.717, 1.165) is 11.1 Å². The van der Waals surface area contributed by atoms with Crippen molar-refractivity contribution < 1.29 is 9.59 Å². The molecule has 1 aliphatic rings. The molecule has 3 N–H and O–H groups in total. The first-order valence-corrected chi connectivity index (χ1v) is 8.97. The lowest BCUT2D eigenvalue weighted by molar-refractivity contribution is -0.123. The van der Waals surface area contributed by atoms with Gasteiger partial charge in [0.05, 0.1) is 11.5 Å². The molecule has 0 fully saturated rings. The van der Waals surface area contributed by atoms with Gasteiger partial charge in [0, 0.05) is 12.1 Å². The van der Waals surface area contributed by atoms with Crippen LogP contribution in [0.4, 0.5) is 11.5 Å². The predicted octanol–water partition coefficient (Wildman–Crippen LogP) is 2.17. The van der Waals surface area contributed by atoms with Gasteiger partial charge in [-0.3, -0.25) is 14.4 Å². The van der Waals surface area contributed by atoms with Gasteiger partial charge in [0.1, 0.15) is 5.82 Å². The molecule has 2 aromatic rings. The number of fused-ring (bicyclic) bond motifs is 1. The summed E-state index contributed by atoms with van der Waals surface area (Å²) in [5, 5.41) is 5.79. The Morgan fingerprint density at radius 3 is 2.76 bits per heavy atom. The molecule has 130 valence electrons. The molecule has 2 amide bonds. The predicted molar refractivity (Wildman–Crippen MR) is 97.2 cm³/mol. The molecule has 2 heterocycles. The van der Waals surface area contributed by atoms with Crippen LogP contribution in [0.3, 0.4) is 0 Å². The number of aryl methyl sites for hydroxylation is 2. The highest BCUT2D eigenvalue weighted by Gasteiger charge is 2.34. The molecule has 25 heavy (non-hydrogen) atoms. The average Bonchev–Trinajstić information content (AvgIpc) is 2.55. The van der Waals surface area contributed by atoms with E-state index in [-0.39, 0.29) is 23.7 Å². The van der Waals surface area contributed by atoms with Crippen molar-refractivity contribution in [3.63, 3.8) is 0 Å². The molecule has 8 heteroatoms. The quantitative estimate of drug-likeness (QED) is 0.576. The van der Waals surface area contributed by atoms with Crippen LogP contribution >= 0.6 is 11.8 Å². The summed E-state index contributed by atoms with van der Waals surface area (Å²) in [6.07, 6.45) is 1.67. The van der Waals surface area contributed by atoms with E-state index in [1.165, 1.54) is 11.8 Å². The fourth-order valence-corrected chi connectivity index (χ4v) is 3.22. The zero-order valence-electron chi connectivity index (χ0n) is 14.1. The third kappa shape index (κ3) is 3.43. The first-order valence-electron chi connectivity index (χ1n) is 7.75. The molecule has 0 saturated carbocycles. The number of carbonyl (C=O) groups excluding carboxylic acids is 2. The Labute approximate surface area is 148 Å². The van der Waals surface area contributed by atoms with Crippen LogP contribution in [0.15, 0.2) is 28.2 Å². The van der Waals surface area contributed by atoms with Crippen LogP contribution in [0.25, 0.3) is 0 Å². The zero-order chi connectivity index (χ0) is 18.1. The summed E-state index contributed by atoms with van der Waals surface area (Å²) in [4.78, 5) is 43.9. The van der Waals surface area contributed by atoms with Gasteiger partial charge in [-0.1, -0.05) is 29.5 Å². The van der Waals surface area contributed by atoms with Crippen molar-refractivity contribution in [2.24, 2.45) is 0 Å². The lowest BCUT2D eigenvalue weighted by Crippen LogP contribution is -2.36. The summed E-state index contributed by atoms with van der Waals surface area (Å²) in [6.45, 7) is 3.86. The number of nitrogens with one attached hydrogen (secondary N) is 3. The second kappa shape index (κ2) is 6.72. The van der Waals surface area contributed by atoms with E-state index in [0.29, 0.717) is 10.8 Å². The third-order valence-electron chi connectivity index (χ3n) is 4.08. The number of nitrogens with zero attached hydrogens (tertiary/aromatic N) is 1. The lowest BCUT2D eigenvalue weighted by atomic mass is 9.92. The van der Waals surface area contributed by atoms with Gasteiger partial charge in [-0.25, -0.2) is 4.98 Å². The maximum Gasteiger partial charge on any atom is 0.257 e. The van der Waals surface area contributed by atoms with E-state index in [1.54, 1.807) is 6.26 Å². The van der Waals surface area contributed by atoms with Crippen LogP contribution in [0.1, 0.15) is 29.0 Å². The van der Waals surface area contributed by atoms with E-state index in [2.05, 4.69) is 20.6 Å². The summed E-state index contributed by atoms with van der Waals surface area (Å²) in [5.74, 6) is -1.45. The van der Waals surface area contributed by atoms with Gasteiger partial charge in [-0.2, -0.15) is 0 Å². The zero-order valence-corrected chi connectivity index (χ0v) is 14.9. The van der Waals surface area contributed by atoms with Gasteiger partial charge in [0.25, 0.3) is 5.56 Å². The largest absolute Gasteiger partial charge is 0.325 e. The van der Waals surface area contributed by atoms with Crippen LogP contribution in [-0.2, 0) is 9.59 Å². The number of hydrogen-bond donors (Lipinski definition) is 3. The average molecular weight is 358 g/mol. The number of amides is 2. The van der Waals surface area contributed by atoms with Gasteiger partial charge in [-0.05, 0) is 31.7 Å². The highest BCUT2D eigenvalue weighted by Crippen LogP contribution is 2.30. The van der Waals surface area contributed by atoms with Crippen molar-refractivity contribution in [2.45, 2.75) is 31.3 Å². The van der Waals surface area contributed by atoms with Crippen molar-refractivity contribution in [3.05, 3.63) is 45.2 Å². The van der Waals surface area contributed by atoms with Crippen molar-refractivity contribution in [1.82, 2.24) is 9.97 Å². The Morgan fingerprint density at radius 1 is 1.32 bits per heavy atom. The Balaban J connectivity index is 1.96. The van der Waals surface area contributed by atoms with Crippen LogP contribution in [0.2, 0.25) is 0 Å². The summed E-state index contributed by atoms with van der Waals surface area (Å²) in [6, 6.07) is 5.66. The highest BCUT2D eigenvalue weighted by molar-refractivity contribution is 7.98. The summed E-state index contributed by atoms with van der Waals surface area (Å²) < 4.78 is 0. The van der Waals surface area contributed by atoms with E-state index >= 15 is 0 Å².